The zero-order valence-corrected chi connectivity index (χ0v) is 10.3. The van der Waals surface area contributed by atoms with Crippen LogP contribution in [0.2, 0.25) is 0 Å². The van der Waals surface area contributed by atoms with Crippen molar-refractivity contribution in [3.8, 4) is 0 Å². The fraction of sp³-hybridized carbons (Fsp3) is 0.900. The van der Waals surface area contributed by atoms with Crippen LogP contribution < -0.4 is 0 Å². The molecule has 2 unspecified atom stereocenters. The Labute approximate surface area is 95.0 Å². The monoisotopic (exact) mass is 233 g/mol. The molecule has 1 aliphatic heterocycles. The number of thioether (sulfide) groups is 1. The predicted octanol–water partition coefficient (Wildman–Crippen LogP) is 0.348. The van der Waals surface area contributed by atoms with Gasteiger partial charge in [0.2, 0.25) is 0 Å². The van der Waals surface area contributed by atoms with E-state index in [2.05, 4.69) is 4.74 Å². The molecule has 0 aromatic heterocycles. The SMILES string of the molecule is COC(=O)C(C)(O)CN(C)C1CCSC1. The van der Waals surface area contributed by atoms with Crippen LogP contribution in [0.1, 0.15) is 13.3 Å². The first-order valence-electron chi connectivity index (χ1n) is 5.06. The highest BCUT2D eigenvalue weighted by Gasteiger charge is 2.35. The molecule has 0 amide bonds. The average Bonchev–Trinajstić information content (AvgIpc) is 2.68. The van der Waals surface area contributed by atoms with Gasteiger partial charge in [-0.05, 0) is 26.1 Å². The number of carbonyl (C=O) groups excluding carboxylic acids is 1. The Kier molecular flexibility index (Phi) is 4.43. The maximum atomic E-state index is 11.3. The molecule has 1 rings (SSSR count). The number of ether oxygens (including phenoxy) is 1. The first kappa shape index (κ1) is 12.8. The second-order valence-corrected chi connectivity index (χ2v) is 5.35. The van der Waals surface area contributed by atoms with Crippen LogP contribution in [0.5, 0.6) is 0 Å². The van der Waals surface area contributed by atoms with Crippen LogP contribution in [-0.4, -0.2) is 59.8 Å². The number of likely N-dealkylation sites (N-methyl/N-ethyl adjacent to an activating group) is 1. The van der Waals surface area contributed by atoms with Gasteiger partial charge in [0.1, 0.15) is 0 Å². The fourth-order valence-electron chi connectivity index (χ4n) is 1.77. The summed E-state index contributed by atoms with van der Waals surface area (Å²) in [4.78, 5) is 13.3. The van der Waals surface area contributed by atoms with E-state index >= 15 is 0 Å². The largest absolute Gasteiger partial charge is 0.467 e. The quantitative estimate of drug-likeness (QED) is 0.710. The molecule has 15 heavy (non-hydrogen) atoms. The highest BCUT2D eigenvalue weighted by molar-refractivity contribution is 7.99. The Hall–Kier alpha value is -0.260. The van der Waals surface area contributed by atoms with Gasteiger partial charge in [0, 0.05) is 18.3 Å². The second kappa shape index (κ2) is 5.18. The molecule has 2 atom stereocenters. The molecule has 0 saturated carbocycles. The normalized spacial score (nSPS) is 25.3. The predicted molar refractivity (Wildman–Crippen MR) is 61.0 cm³/mol. The van der Waals surface area contributed by atoms with Gasteiger partial charge >= 0.3 is 5.97 Å². The summed E-state index contributed by atoms with van der Waals surface area (Å²) in [6, 6.07) is 0.464. The topological polar surface area (TPSA) is 49.8 Å². The number of hydrogen-bond donors (Lipinski definition) is 1. The van der Waals surface area contributed by atoms with E-state index in [1.165, 1.54) is 14.0 Å². The molecule has 0 aromatic rings. The summed E-state index contributed by atoms with van der Waals surface area (Å²) in [7, 11) is 3.23. The zero-order valence-electron chi connectivity index (χ0n) is 9.52. The van der Waals surface area contributed by atoms with E-state index < -0.39 is 11.6 Å². The van der Waals surface area contributed by atoms with E-state index in [9.17, 15) is 9.90 Å². The molecular weight excluding hydrogens is 214 g/mol. The van der Waals surface area contributed by atoms with Gasteiger partial charge in [-0.1, -0.05) is 0 Å². The number of nitrogens with zero attached hydrogens (tertiary/aromatic N) is 1. The highest BCUT2D eigenvalue weighted by Crippen LogP contribution is 2.22. The maximum absolute atomic E-state index is 11.3. The molecule has 1 fully saturated rings. The third kappa shape index (κ3) is 3.36. The van der Waals surface area contributed by atoms with Gasteiger partial charge in [0.25, 0.3) is 0 Å². The van der Waals surface area contributed by atoms with Crippen LogP contribution in [-0.2, 0) is 9.53 Å². The molecule has 5 heteroatoms. The van der Waals surface area contributed by atoms with E-state index in [1.807, 2.05) is 23.7 Å². The first-order chi connectivity index (χ1) is 6.97. The third-order valence-electron chi connectivity index (χ3n) is 2.71. The zero-order chi connectivity index (χ0) is 11.5. The molecule has 0 aliphatic carbocycles. The number of hydrogen-bond acceptors (Lipinski definition) is 5. The van der Waals surface area contributed by atoms with Gasteiger partial charge in [0.15, 0.2) is 5.60 Å². The molecule has 0 bridgehead atoms. The van der Waals surface area contributed by atoms with Crippen molar-refractivity contribution < 1.29 is 14.6 Å². The lowest BCUT2D eigenvalue weighted by Gasteiger charge is -2.30. The summed E-state index contributed by atoms with van der Waals surface area (Å²) in [5.74, 6) is 1.67. The van der Waals surface area contributed by atoms with Crippen LogP contribution in [0, 0.1) is 0 Å². The molecule has 1 N–H and O–H groups in total. The van der Waals surface area contributed by atoms with Crippen molar-refractivity contribution in [2.45, 2.75) is 25.0 Å². The molecule has 1 saturated heterocycles. The fourth-order valence-corrected chi connectivity index (χ4v) is 3.07. The molecule has 1 aliphatic rings. The summed E-state index contributed by atoms with van der Waals surface area (Å²) >= 11 is 1.91. The summed E-state index contributed by atoms with van der Waals surface area (Å²) in [5.41, 5.74) is -1.41. The van der Waals surface area contributed by atoms with E-state index in [0.29, 0.717) is 12.6 Å². The molecule has 0 spiro atoms. The second-order valence-electron chi connectivity index (χ2n) is 4.20. The van der Waals surface area contributed by atoms with Crippen molar-refractivity contribution >= 4 is 17.7 Å². The van der Waals surface area contributed by atoms with Gasteiger partial charge in [-0.3, -0.25) is 4.90 Å². The Morgan fingerprint density at radius 1 is 1.73 bits per heavy atom. The standard InChI is InChI=1S/C10H19NO3S/c1-10(13,9(12)14-3)7-11(2)8-4-5-15-6-8/h8,13H,4-7H2,1-3H3. The van der Waals surface area contributed by atoms with Gasteiger partial charge in [-0.2, -0.15) is 11.8 Å². The Morgan fingerprint density at radius 2 is 2.40 bits per heavy atom. The molecule has 4 nitrogen and oxygen atoms in total. The van der Waals surface area contributed by atoms with Crippen LogP contribution in [0.15, 0.2) is 0 Å². The number of esters is 1. The van der Waals surface area contributed by atoms with Crippen molar-refractivity contribution in [2.24, 2.45) is 0 Å². The molecule has 0 aromatic carbocycles. The van der Waals surface area contributed by atoms with Crippen LogP contribution in [0.4, 0.5) is 0 Å². The van der Waals surface area contributed by atoms with E-state index in [1.54, 1.807) is 0 Å². The average molecular weight is 233 g/mol. The van der Waals surface area contributed by atoms with Gasteiger partial charge < -0.3 is 9.84 Å². The van der Waals surface area contributed by atoms with Crippen molar-refractivity contribution in [1.29, 1.82) is 0 Å². The van der Waals surface area contributed by atoms with Crippen molar-refractivity contribution in [2.75, 3.05) is 32.2 Å². The Balaban J connectivity index is 2.48. The van der Waals surface area contributed by atoms with E-state index in [4.69, 9.17) is 0 Å². The Bertz CT molecular complexity index is 227. The molecule has 1 heterocycles. The van der Waals surface area contributed by atoms with Crippen molar-refractivity contribution in [3.05, 3.63) is 0 Å². The highest BCUT2D eigenvalue weighted by atomic mass is 32.2. The van der Waals surface area contributed by atoms with Gasteiger partial charge in [-0.25, -0.2) is 4.79 Å². The molecular formula is C10H19NO3S. The number of methoxy groups -OCH3 is 1. The van der Waals surface area contributed by atoms with Crippen LogP contribution in [0.25, 0.3) is 0 Å². The third-order valence-corrected chi connectivity index (χ3v) is 3.86. The van der Waals surface area contributed by atoms with Crippen molar-refractivity contribution in [1.82, 2.24) is 4.90 Å². The van der Waals surface area contributed by atoms with Gasteiger partial charge in [0.05, 0.1) is 7.11 Å². The number of carbonyl (C=O) groups is 1. The summed E-state index contributed by atoms with van der Waals surface area (Å²) in [5, 5.41) is 9.89. The number of rotatable bonds is 4. The minimum Gasteiger partial charge on any atom is -0.467 e. The lowest BCUT2D eigenvalue weighted by Crippen LogP contribution is -2.49. The minimum absolute atomic E-state index is 0.324. The first-order valence-corrected chi connectivity index (χ1v) is 6.21. The summed E-state index contributed by atoms with van der Waals surface area (Å²) in [6.45, 7) is 1.82. The van der Waals surface area contributed by atoms with E-state index in [0.717, 1.165) is 17.9 Å². The van der Waals surface area contributed by atoms with Crippen LogP contribution in [0.3, 0.4) is 0 Å². The Morgan fingerprint density at radius 3 is 2.87 bits per heavy atom. The van der Waals surface area contributed by atoms with E-state index in [-0.39, 0.29) is 0 Å². The molecule has 88 valence electrons. The molecule has 0 radical (unpaired) electrons. The van der Waals surface area contributed by atoms with Crippen molar-refractivity contribution in [3.63, 3.8) is 0 Å². The smallest absolute Gasteiger partial charge is 0.338 e. The number of aliphatic hydroxyl groups is 1. The summed E-state index contributed by atoms with van der Waals surface area (Å²) in [6.07, 6.45) is 1.12. The lowest BCUT2D eigenvalue weighted by molar-refractivity contribution is -0.162. The lowest BCUT2D eigenvalue weighted by atomic mass is 10.1. The summed E-state index contributed by atoms with van der Waals surface area (Å²) < 4.78 is 4.56. The maximum Gasteiger partial charge on any atom is 0.338 e. The van der Waals surface area contributed by atoms with Gasteiger partial charge in [-0.15, -0.1) is 0 Å². The minimum atomic E-state index is -1.41. The van der Waals surface area contributed by atoms with Crippen LogP contribution >= 0.6 is 11.8 Å².